The van der Waals surface area contributed by atoms with Crippen LogP contribution in [0.5, 0.6) is 0 Å². The fourth-order valence-electron chi connectivity index (χ4n) is 6.53. The van der Waals surface area contributed by atoms with Crippen molar-refractivity contribution in [1.82, 2.24) is 30.0 Å². The maximum Gasteiger partial charge on any atom is 0.229 e. The number of morpholine rings is 1. The summed E-state index contributed by atoms with van der Waals surface area (Å²) in [5.74, 6) is 0.599. The molecule has 0 saturated carbocycles. The van der Waals surface area contributed by atoms with Crippen molar-refractivity contribution >= 4 is 51.3 Å². The molecule has 0 amide bonds. The van der Waals surface area contributed by atoms with Crippen LogP contribution in [0.4, 0.5) is 38.9 Å². The Morgan fingerprint density at radius 2 is 1.71 bits per heavy atom. The molecule has 2 saturated heterocycles. The van der Waals surface area contributed by atoms with Crippen LogP contribution in [0.15, 0.2) is 78.9 Å². The van der Waals surface area contributed by atoms with E-state index in [2.05, 4.69) is 49.8 Å². The van der Waals surface area contributed by atoms with Gasteiger partial charge in [0, 0.05) is 74.9 Å². The van der Waals surface area contributed by atoms with E-state index in [1.54, 1.807) is 12.1 Å². The van der Waals surface area contributed by atoms with Gasteiger partial charge in [0.25, 0.3) is 0 Å². The molecule has 12 nitrogen and oxygen atoms in total. The first-order chi connectivity index (χ1) is 25.3. The average Bonchev–Trinajstić information content (AvgIpc) is 3.54. The molecule has 3 N–H and O–H groups in total. The van der Waals surface area contributed by atoms with Crippen molar-refractivity contribution in [3.63, 3.8) is 0 Å². The van der Waals surface area contributed by atoms with Crippen LogP contribution in [0, 0.1) is 5.82 Å². The Hall–Kier alpha value is -5.37. The lowest BCUT2D eigenvalue weighted by Gasteiger charge is -2.34. The minimum Gasteiger partial charge on any atom is -0.378 e. The number of likely N-dealkylation sites (N-methyl/N-ethyl adjacent to an activating group) is 2. The number of H-pyrrole nitrogens is 1. The summed E-state index contributed by atoms with van der Waals surface area (Å²) in [7, 11) is 6.07. The average molecular weight is 705 g/mol. The van der Waals surface area contributed by atoms with Gasteiger partial charge in [-0.1, -0.05) is 30.3 Å². The van der Waals surface area contributed by atoms with Gasteiger partial charge in [0.15, 0.2) is 11.4 Å². The lowest BCUT2D eigenvalue weighted by Crippen LogP contribution is -2.44. The maximum atomic E-state index is 15.4. The molecule has 2 aliphatic heterocycles. The van der Waals surface area contributed by atoms with E-state index in [0.717, 1.165) is 48.7 Å². The Morgan fingerprint density at radius 3 is 2.50 bits per heavy atom. The van der Waals surface area contributed by atoms with Gasteiger partial charge in [-0.25, -0.2) is 9.37 Å². The summed E-state index contributed by atoms with van der Waals surface area (Å²) in [6.07, 6.45) is 3.76. The van der Waals surface area contributed by atoms with Crippen LogP contribution in [0.25, 0.3) is 22.3 Å². The Balaban J connectivity index is 1.22. The van der Waals surface area contributed by atoms with E-state index in [4.69, 9.17) is 14.7 Å². The van der Waals surface area contributed by atoms with E-state index in [1.165, 1.54) is 6.07 Å². The van der Waals surface area contributed by atoms with Gasteiger partial charge in [0.05, 0.1) is 30.0 Å². The zero-order chi connectivity index (χ0) is 36.0. The number of benzene rings is 3. The van der Waals surface area contributed by atoms with Crippen molar-refractivity contribution in [3.8, 4) is 11.3 Å². The number of ether oxygens (including phenoxy) is 1. The van der Waals surface area contributed by atoms with Crippen LogP contribution >= 0.6 is 0 Å². The van der Waals surface area contributed by atoms with E-state index in [-0.39, 0.29) is 18.0 Å². The van der Waals surface area contributed by atoms with Gasteiger partial charge < -0.3 is 35.0 Å². The van der Waals surface area contributed by atoms with Crippen molar-refractivity contribution in [3.05, 3.63) is 90.3 Å². The minimum atomic E-state index is -0.325. The van der Waals surface area contributed by atoms with Crippen molar-refractivity contribution in [2.75, 3.05) is 101 Å². The fraction of sp³-hybridized carbons (Fsp3) is 0.333. The Kier molecular flexibility index (Phi) is 10.7. The summed E-state index contributed by atoms with van der Waals surface area (Å²) in [6, 6.07) is 21.2. The van der Waals surface area contributed by atoms with E-state index in [0.29, 0.717) is 72.7 Å². The standard InChI is InChI=1S/C39H45FN10O2/c1-47(2)14-6-11-32(51)24-27-7-4-8-28(23-27)36-35-37(41-30-12-13-34(33(40)26-30)50-19-21-52-22-20-50)45-46-38(35)44-39(43-36)42-29-9-5-10-31(25-29)49-17-15-48(3)16-18-49/h4-13,23,25-26H,14-22,24H2,1-3H3,(H3,41,42,43,44,45,46)/b11-6+. The maximum absolute atomic E-state index is 15.4. The van der Waals surface area contributed by atoms with Crippen molar-refractivity contribution < 1.29 is 13.9 Å². The summed E-state index contributed by atoms with van der Waals surface area (Å²) >= 11 is 0. The SMILES string of the molecule is CN(C)C/C=C/C(=O)Cc1cccc(-c2nc(Nc3cccc(N4CCN(C)CC4)c3)nc3n[nH]c(Nc4ccc(N5CCOCC5)c(F)c4)c23)c1. The van der Waals surface area contributed by atoms with E-state index in [9.17, 15) is 4.79 Å². The lowest BCUT2D eigenvalue weighted by atomic mass is 10.0. The quantitative estimate of drug-likeness (QED) is 0.144. The van der Waals surface area contributed by atoms with Crippen molar-refractivity contribution in [2.45, 2.75) is 6.42 Å². The molecule has 0 unspecified atom stereocenters. The molecular formula is C39H45FN10O2. The highest BCUT2D eigenvalue weighted by molar-refractivity contribution is 6.01. The van der Waals surface area contributed by atoms with Crippen LogP contribution in [0.1, 0.15) is 5.56 Å². The first-order valence-electron chi connectivity index (χ1n) is 17.7. The number of anilines is 6. The van der Waals surface area contributed by atoms with Crippen LogP contribution in [-0.4, -0.2) is 116 Å². The van der Waals surface area contributed by atoms with Gasteiger partial charge >= 0.3 is 0 Å². The number of piperazine rings is 1. The molecule has 7 rings (SSSR count). The van der Waals surface area contributed by atoms with Gasteiger partial charge in [-0.2, -0.15) is 10.1 Å². The predicted octanol–water partition coefficient (Wildman–Crippen LogP) is 5.46. The summed E-state index contributed by atoms with van der Waals surface area (Å²) in [6.45, 7) is 7.06. The summed E-state index contributed by atoms with van der Waals surface area (Å²) < 4.78 is 20.8. The zero-order valence-electron chi connectivity index (χ0n) is 29.9. The molecular weight excluding hydrogens is 659 g/mol. The second-order valence-corrected chi connectivity index (χ2v) is 13.6. The van der Waals surface area contributed by atoms with Crippen LogP contribution in [0.3, 0.4) is 0 Å². The molecule has 5 aromatic rings. The number of allylic oxidation sites excluding steroid dienone is 1. The number of hydrogen-bond donors (Lipinski definition) is 3. The number of carbonyl (C=O) groups excluding carboxylic acids is 1. The number of rotatable bonds is 12. The highest BCUT2D eigenvalue weighted by atomic mass is 19.1. The van der Waals surface area contributed by atoms with E-state index in [1.807, 2.05) is 72.4 Å². The highest BCUT2D eigenvalue weighted by Gasteiger charge is 2.21. The van der Waals surface area contributed by atoms with Crippen molar-refractivity contribution in [1.29, 1.82) is 0 Å². The van der Waals surface area contributed by atoms with E-state index < -0.39 is 0 Å². The molecule has 3 aromatic carbocycles. The number of hydrogen-bond acceptors (Lipinski definition) is 11. The number of halogens is 1. The molecule has 0 bridgehead atoms. The number of carbonyl (C=O) groups is 1. The topological polar surface area (TPSA) is 118 Å². The molecule has 52 heavy (non-hydrogen) atoms. The van der Waals surface area contributed by atoms with Crippen molar-refractivity contribution in [2.24, 2.45) is 0 Å². The third kappa shape index (κ3) is 8.39. The Bertz CT molecular complexity index is 2050. The first-order valence-corrected chi connectivity index (χ1v) is 17.7. The number of aromatic amines is 1. The molecule has 270 valence electrons. The number of fused-ring (bicyclic) bond motifs is 1. The second-order valence-electron chi connectivity index (χ2n) is 13.6. The van der Waals surface area contributed by atoms with Gasteiger partial charge in [-0.3, -0.25) is 9.89 Å². The van der Waals surface area contributed by atoms with Gasteiger partial charge in [-0.15, -0.1) is 0 Å². The Labute approximate surface area is 303 Å². The molecule has 0 aliphatic carbocycles. The summed E-state index contributed by atoms with van der Waals surface area (Å²) in [5, 5.41) is 15.0. The smallest absolute Gasteiger partial charge is 0.229 e. The number of nitrogens with zero attached hydrogens (tertiary/aromatic N) is 7. The minimum absolute atomic E-state index is 0.0163. The molecule has 2 aliphatic rings. The largest absolute Gasteiger partial charge is 0.378 e. The zero-order valence-corrected chi connectivity index (χ0v) is 29.9. The third-order valence-corrected chi connectivity index (χ3v) is 9.31. The molecule has 0 radical (unpaired) electrons. The summed E-state index contributed by atoms with van der Waals surface area (Å²) in [5.41, 5.74) is 5.79. The number of aromatic nitrogens is 4. The number of nitrogens with one attached hydrogen (secondary N) is 3. The lowest BCUT2D eigenvalue weighted by molar-refractivity contribution is -0.114. The molecule has 0 atom stereocenters. The monoisotopic (exact) mass is 704 g/mol. The molecule has 0 spiro atoms. The number of ketones is 1. The first kappa shape index (κ1) is 35.1. The molecule has 4 heterocycles. The van der Waals surface area contributed by atoms with Gasteiger partial charge in [-0.05, 0) is 75.2 Å². The predicted molar refractivity (Wildman–Crippen MR) is 206 cm³/mol. The van der Waals surface area contributed by atoms with Crippen LogP contribution in [-0.2, 0) is 16.0 Å². The third-order valence-electron chi connectivity index (χ3n) is 9.31. The highest BCUT2D eigenvalue weighted by Crippen LogP contribution is 2.35. The molecule has 13 heteroatoms. The molecule has 2 fully saturated rings. The fourth-order valence-corrected chi connectivity index (χ4v) is 6.53. The van der Waals surface area contributed by atoms with E-state index >= 15 is 4.39 Å². The van der Waals surface area contributed by atoms with Crippen LogP contribution < -0.4 is 20.4 Å². The Morgan fingerprint density at radius 1 is 0.923 bits per heavy atom. The van der Waals surface area contributed by atoms with Crippen LogP contribution in [0.2, 0.25) is 0 Å². The summed E-state index contributed by atoms with van der Waals surface area (Å²) in [4.78, 5) is 31.4. The second kappa shape index (κ2) is 15.9. The van der Waals surface area contributed by atoms with Gasteiger partial charge in [0.1, 0.15) is 11.6 Å². The normalized spacial score (nSPS) is 15.6. The van der Waals surface area contributed by atoms with Gasteiger partial charge in [0.2, 0.25) is 5.95 Å². The molecule has 2 aromatic heterocycles.